The van der Waals surface area contributed by atoms with Gasteiger partial charge < -0.3 is 19.3 Å². The summed E-state index contributed by atoms with van der Waals surface area (Å²) in [4.78, 5) is 26.7. The SMILES string of the molecule is COc1ccc(C(=O)C[N+]23CCC(CC2)[C@@H](OC(=O)C(Nc2ccccc2)c2ccccc2)C3)cc1. The van der Waals surface area contributed by atoms with Crippen molar-refractivity contribution in [1.82, 2.24) is 0 Å². The minimum absolute atomic E-state index is 0.121. The van der Waals surface area contributed by atoms with Gasteiger partial charge >= 0.3 is 5.97 Å². The Balaban J connectivity index is 1.29. The highest BCUT2D eigenvalue weighted by Crippen LogP contribution is 2.37. The fraction of sp³-hybridized carbons (Fsp3) is 0.333. The van der Waals surface area contributed by atoms with E-state index in [-0.39, 0.29) is 17.9 Å². The van der Waals surface area contributed by atoms with E-state index in [0.717, 1.165) is 42.9 Å². The number of nitrogens with one attached hydrogen (secondary N) is 1. The van der Waals surface area contributed by atoms with Gasteiger partial charge in [0.1, 0.15) is 18.8 Å². The van der Waals surface area contributed by atoms with E-state index in [9.17, 15) is 9.59 Å². The normalized spacial score (nSPS) is 23.5. The van der Waals surface area contributed by atoms with Crippen LogP contribution in [0.4, 0.5) is 5.69 Å². The van der Waals surface area contributed by atoms with Gasteiger partial charge in [0.05, 0.1) is 20.2 Å². The van der Waals surface area contributed by atoms with Crippen LogP contribution >= 0.6 is 0 Å². The van der Waals surface area contributed by atoms with Crippen LogP contribution in [0, 0.1) is 5.92 Å². The Morgan fingerprint density at radius 3 is 2.19 bits per heavy atom. The number of hydrogen-bond donors (Lipinski definition) is 1. The molecule has 0 radical (unpaired) electrons. The van der Waals surface area contributed by atoms with E-state index in [2.05, 4.69) is 5.32 Å². The first-order valence-corrected chi connectivity index (χ1v) is 12.6. The number of nitrogens with zero attached hydrogens (tertiary/aromatic N) is 1. The second kappa shape index (κ2) is 10.5. The number of ketones is 1. The van der Waals surface area contributed by atoms with Gasteiger partial charge in [-0.2, -0.15) is 0 Å². The summed E-state index contributed by atoms with van der Waals surface area (Å²) in [6.07, 6.45) is 1.75. The number of hydrogen-bond acceptors (Lipinski definition) is 5. The van der Waals surface area contributed by atoms with Gasteiger partial charge in [-0.1, -0.05) is 48.5 Å². The number of methoxy groups -OCH3 is 1. The van der Waals surface area contributed by atoms with Gasteiger partial charge in [0.25, 0.3) is 0 Å². The molecule has 1 N–H and O–H groups in total. The predicted molar refractivity (Wildman–Crippen MR) is 139 cm³/mol. The maximum atomic E-state index is 13.5. The lowest BCUT2D eigenvalue weighted by Gasteiger charge is -2.51. The molecule has 2 bridgehead atoms. The third-order valence-corrected chi connectivity index (χ3v) is 7.65. The van der Waals surface area contributed by atoms with E-state index >= 15 is 0 Å². The Bertz CT molecular complexity index is 1170. The Morgan fingerprint density at radius 1 is 0.917 bits per heavy atom. The first kappa shape index (κ1) is 24.1. The summed E-state index contributed by atoms with van der Waals surface area (Å²) in [7, 11) is 1.62. The molecule has 186 valence electrons. The molecular weight excluding hydrogens is 452 g/mol. The minimum Gasteiger partial charge on any atom is -0.497 e. The predicted octanol–water partition coefficient (Wildman–Crippen LogP) is 4.88. The van der Waals surface area contributed by atoms with Crippen LogP contribution in [0.15, 0.2) is 84.9 Å². The summed E-state index contributed by atoms with van der Waals surface area (Å²) in [6.45, 7) is 3.01. The van der Waals surface area contributed by atoms with E-state index in [4.69, 9.17) is 9.47 Å². The van der Waals surface area contributed by atoms with Crippen molar-refractivity contribution in [2.24, 2.45) is 5.92 Å². The van der Waals surface area contributed by atoms with E-state index in [1.54, 1.807) is 7.11 Å². The monoisotopic (exact) mass is 485 g/mol. The number of carbonyl (C=O) groups is 2. The van der Waals surface area contributed by atoms with Crippen LogP contribution in [0.25, 0.3) is 0 Å². The number of ether oxygens (including phenoxy) is 2. The van der Waals surface area contributed by atoms with E-state index in [0.29, 0.717) is 29.1 Å². The number of esters is 1. The summed E-state index contributed by atoms with van der Waals surface area (Å²) in [5, 5.41) is 3.36. The third-order valence-electron chi connectivity index (χ3n) is 7.65. The quantitative estimate of drug-likeness (QED) is 0.266. The van der Waals surface area contributed by atoms with E-state index < -0.39 is 6.04 Å². The van der Waals surface area contributed by atoms with Crippen LogP contribution < -0.4 is 10.1 Å². The molecule has 6 nitrogen and oxygen atoms in total. The van der Waals surface area contributed by atoms with Crippen molar-refractivity contribution in [2.75, 3.05) is 38.6 Å². The molecular formula is C30H33N2O4+. The van der Waals surface area contributed by atoms with Crippen molar-refractivity contribution in [2.45, 2.75) is 25.0 Å². The molecule has 0 amide bonds. The van der Waals surface area contributed by atoms with Crippen molar-refractivity contribution < 1.29 is 23.5 Å². The number of fused-ring (bicyclic) bond motifs is 3. The molecule has 3 aliphatic heterocycles. The van der Waals surface area contributed by atoms with Crippen LogP contribution in [-0.4, -0.2) is 55.6 Å². The molecule has 6 heteroatoms. The van der Waals surface area contributed by atoms with Crippen molar-refractivity contribution in [3.63, 3.8) is 0 Å². The maximum Gasteiger partial charge on any atom is 0.333 e. The molecule has 0 aliphatic carbocycles. The highest BCUT2D eigenvalue weighted by atomic mass is 16.5. The lowest BCUT2D eigenvalue weighted by atomic mass is 9.82. The Morgan fingerprint density at radius 2 is 1.56 bits per heavy atom. The molecule has 0 aromatic heterocycles. The molecule has 36 heavy (non-hydrogen) atoms. The Labute approximate surface area is 212 Å². The van der Waals surface area contributed by atoms with E-state index in [1.165, 1.54) is 0 Å². The molecule has 3 fully saturated rings. The van der Waals surface area contributed by atoms with Gasteiger partial charge in [-0.15, -0.1) is 0 Å². The van der Waals surface area contributed by atoms with Gasteiger partial charge in [-0.3, -0.25) is 4.79 Å². The molecule has 3 aliphatic rings. The number of rotatable bonds is 9. The first-order valence-electron chi connectivity index (χ1n) is 12.6. The largest absolute Gasteiger partial charge is 0.497 e. The van der Waals surface area contributed by atoms with Crippen LogP contribution in [0.2, 0.25) is 0 Å². The average Bonchev–Trinajstić information content (AvgIpc) is 2.93. The fourth-order valence-electron chi connectivity index (χ4n) is 5.59. The van der Waals surface area contributed by atoms with Gasteiger partial charge in [0, 0.05) is 30.0 Å². The van der Waals surface area contributed by atoms with Gasteiger partial charge in [-0.25, -0.2) is 4.79 Å². The number of anilines is 1. The number of benzene rings is 3. The summed E-state index contributed by atoms with van der Waals surface area (Å²) in [5.41, 5.74) is 2.43. The fourth-order valence-corrected chi connectivity index (χ4v) is 5.59. The molecule has 2 atom stereocenters. The van der Waals surface area contributed by atoms with Crippen molar-refractivity contribution in [3.8, 4) is 5.75 Å². The number of quaternary nitrogens is 1. The summed E-state index contributed by atoms with van der Waals surface area (Å²) < 4.78 is 12.1. The van der Waals surface area contributed by atoms with Crippen LogP contribution in [0.3, 0.4) is 0 Å². The topological polar surface area (TPSA) is 64.6 Å². The number of carbonyl (C=O) groups excluding carboxylic acids is 2. The molecule has 0 spiro atoms. The maximum absolute atomic E-state index is 13.5. The minimum atomic E-state index is -0.599. The average molecular weight is 486 g/mol. The zero-order chi connectivity index (χ0) is 25.0. The molecule has 3 saturated heterocycles. The Hall–Kier alpha value is -3.64. The van der Waals surface area contributed by atoms with Crippen molar-refractivity contribution in [1.29, 1.82) is 0 Å². The van der Waals surface area contributed by atoms with Crippen molar-refractivity contribution in [3.05, 3.63) is 96.1 Å². The Kier molecular flexibility index (Phi) is 7.05. The summed E-state index contributed by atoms with van der Waals surface area (Å²) in [6, 6.07) is 26.1. The van der Waals surface area contributed by atoms with E-state index in [1.807, 2.05) is 84.9 Å². The smallest absolute Gasteiger partial charge is 0.333 e. The van der Waals surface area contributed by atoms with Crippen molar-refractivity contribution >= 4 is 17.4 Å². The molecule has 0 saturated carbocycles. The number of Topliss-reactive ketones (excluding diaryl/α,β-unsaturated/α-hetero) is 1. The third kappa shape index (κ3) is 5.29. The lowest BCUT2D eigenvalue weighted by molar-refractivity contribution is -0.938. The van der Waals surface area contributed by atoms with Gasteiger partial charge in [-0.05, 0) is 42.0 Å². The van der Waals surface area contributed by atoms with Gasteiger partial charge in [0.15, 0.2) is 12.1 Å². The highest BCUT2D eigenvalue weighted by molar-refractivity contribution is 5.97. The molecule has 3 aromatic rings. The van der Waals surface area contributed by atoms with Crippen LogP contribution in [0.1, 0.15) is 34.8 Å². The second-order valence-electron chi connectivity index (χ2n) is 9.95. The standard InChI is InChI=1S/C30H33N2O4/c1-35-26-14-12-22(13-15-26)27(33)20-32-18-16-23(17-19-32)28(21-32)36-30(34)29(24-8-4-2-5-9-24)31-25-10-6-3-7-11-25/h2-15,23,28-29,31H,16-21H2,1H3/q+1/t23?,28-,29?,32?/m0/s1. The molecule has 3 heterocycles. The van der Waals surface area contributed by atoms with Crippen LogP contribution in [0.5, 0.6) is 5.75 Å². The molecule has 6 rings (SSSR count). The molecule has 3 aromatic carbocycles. The number of para-hydroxylation sites is 1. The second-order valence-corrected chi connectivity index (χ2v) is 9.95. The number of piperidine rings is 3. The zero-order valence-corrected chi connectivity index (χ0v) is 20.6. The zero-order valence-electron chi connectivity index (χ0n) is 20.6. The first-order chi connectivity index (χ1) is 17.5. The summed E-state index contributed by atoms with van der Waals surface area (Å²) in [5.74, 6) is 0.930. The summed E-state index contributed by atoms with van der Waals surface area (Å²) >= 11 is 0. The van der Waals surface area contributed by atoms with Crippen LogP contribution in [-0.2, 0) is 9.53 Å². The lowest BCUT2D eigenvalue weighted by Crippen LogP contribution is -2.65. The highest BCUT2D eigenvalue weighted by Gasteiger charge is 2.49. The van der Waals surface area contributed by atoms with Gasteiger partial charge in [0.2, 0.25) is 5.78 Å². The molecule has 1 unspecified atom stereocenters.